The summed E-state index contributed by atoms with van der Waals surface area (Å²) in [5, 5.41) is 13.8. The molecule has 1 aliphatic rings. The van der Waals surface area contributed by atoms with Gasteiger partial charge in [-0.15, -0.1) is 5.92 Å². The van der Waals surface area contributed by atoms with Crippen molar-refractivity contribution in [3.05, 3.63) is 16.7 Å². The Morgan fingerprint density at radius 2 is 1.97 bits per heavy atom. The van der Waals surface area contributed by atoms with E-state index in [0.29, 0.717) is 0 Å². The molecule has 0 aliphatic carbocycles. The first kappa shape index (κ1) is 23.6. The van der Waals surface area contributed by atoms with Gasteiger partial charge in [0.15, 0.2) is 0 Å². The van der Waals surface area contributed by atoms with Crippen molar-refractivity contribution < 1.29 is 63.4 Å². The van der Waals surface area contributed by atoms with Crippen molar-refractivity contribution in [2.75, 3.05) is 12.3 Å². The number of phosphoric acid groups is 3. The summed E-state index contributed by atoms with van der Waals surface area (Å²) in [6.07, 6.45) is -6.76. The zero-order chi connectivity index (χ0) is 26.3. The number of aliphatic hydroxyl groups excluding tert-OH is 1. The maximum atomic E-state index is 15.6. The van der Waals surface area contributed by atoms with Crippen LogP contribution >= 0.6 is 23.5 Å². The first-order valence-electron chi connectivity index (χ1n) is 8.75. The van der Waals surface area contributed by atoms with Crippen LogP contribution in [0.25, 0.3) is 0 Å². The van der Waals surface area contributed by atoms with Gasteiger partial charge in [-0.05, 0) is 6.92 Å². The topological polar surface area (TPSA) is 263 Å². The quantitative estimate of drug-likeness (QED) is 0.167. The van der Waals surface area contributed by atoms with Crippen molar-refractivity contribution in [3.8, 4) is 11.8 Å². The molecule has 0 bridgehead atoms. The van der Waals surface area contributed by atoms with Gasteiger partial charge in [0.1, 0.15) is 18.0 Å². The average molecular weight is 526 g/mol. The smallest absolute Gasteiger partial charge is 0.386 e. The van der Waals surface area contributed by atoms with Crippen LogP contribution in [0.2, 0.25) is 0 Å². The van der Waals surface area contributed by atoms with Crippen molar-refractivity contribution in [1.29, 1.82) is 0 Å². The lowest BCUT2D eigenvalue weighted by Crippen LogP contribution is -2.45. The number of halogens is 1. The van der Waals surface area contributed by atoms with Crippen LogP contribution in [0, 0.1) is 11.8 Å². The summed E-state index contributed by atoms with van der Waals surface area (Å²) in [6, 6.07) is 0. The highest BCUT2D eigenvalue weighted by Gasteiger charge is 2.59. The molecule has 0 aromatic carbocycles. The molecule has 0 spiro atoms. The standard InChI is InChI=1S/C11H16FN4O13P3/c1-2-3-11(12)8(17)6(27-9(11)16-10(18)15-7(13)4-14-16)5-26-31(22,23)29-32(24,25)28-30(19,20)21/h4,6,8-9,17H,5H2,1H3,(H,22,23)(H,24,25)(H2,13,15,18)(H2,19,20,21)/t6-,8+,9-,11?/m1/s1/i5D2. The third-order valence-electron chi connectivity index (χ3n) is 3.33. The summed E-state index contributed by atoms with van der Waals surface area (Å²) in [4.78, 5) is 51.1. The minimum absolute atomic E-state index is 0.199. The number of nitrogens with two attached hydrogens (primary N) is 1. The van der Waals surface area contributed by atoms with E-state index in [2.05, 4.69) is 29.1 Å². The molecular weight excluding hydrogens is 508 g/mol. The molecule has 1 saturated heterocycles. The number of rotatable bonds is 8. The first-order valence-corrected chi connectivity index (χ1v) is 12.3. The number of alkyl halides is 1. The van der Waals surface area contributed by atoms with Crippen LogP contribution in [0.4, 0.5) is 10.2 Å². The molecule has 0 radical (unpaired) electrons. The van der Waals surface area contributed by atoms with Crippen LogP contribution in [-0.4, -0.2) is 63.9 Å². The molecule has 2 rings (SSSR count). The molecule has 3 unspecified atom stereocenters. The van der Waals surface area contributed by atoms with Crippen LogP contribution in [0.15, 0.2) is 11.0 Å². The predicted octanol–water partition coefficient (Wildman–Crippen LogP) is -1.45. The second kappa shape index (κ2) is 9.35. The highest BCUT2D eigenvalue weighted by atomic mass is 31.3. The Morgan fingerprint density at radius 1 is 1.34 bits per heavy atom. The molecule has 7 N–H and O–H groups in total. The summed E-state index contributed by atoms with van der Waals surface area (Å²) in [7, 11) is -17.8. The minimum Gasteiger partial charge on any atom is -0.386 e. The van der Waals surface area contributed by atoms with E-state index in [1.807, 2.05) is 5.92 Å². The van der Waals surface area contributed by atoms with E-state index in [-0.39, 0.29) is 10.5 Å². The van der Waals surface area contributed by atoms with Crippen molar-refractivity contribution in [2.24, 2.45) is 0 Å². The van der Waals surface area contributed by atoms with Crippen molar-refractivity contribution in [2.45, 2.75) is 31.0 Å². The van der Waals surface area contributed by atoms with Crippen LogP contribution < -0.4 is 11.4 Å². The molecule has 1 aliphatic heterocycles. The fourth-order valence-corrected chi connectivity index (χ4v) is 5.15. The number of hydrogen-bond acceptors (Lipinski definition) is 12. The van der Waals surface area contributed by atoms with Gasteiger partial charge in [-0.2, -0.15) is 23.4 Å². The maximum absolute atomic E-state index is 15.6. The Labute approximate surface area is 180 Å². The Balaban J connectivity index is 2.40. The van der Waals surface area contributed by atoms with Gasteiger partial charge >= 0.3 is 29.2 Å². The molecular formula is C11H16FN4O13P3. The molecule has 2 heterocycles. The lowest BCUT2D eigenvalue weighted by Gasteiger charge is -2.23. The summed E-state index contributed by atoms with van der Waals surface area (Å²) in [6.45, 7) is -2.64. The number of phosphoric ester groups is 1. The van der Waals surface area contributed by atoms with Gasteiger partial charge in [0, 0.05) is 0 Å². The largest absolute Gasteiger partial charge is 0.490 e. The number of anilines is 1. The van der Waals surface area contributed by atoms with Crippen LogP contribution in [0.1, 0.15) is 15.9 Å². The molecule has 0 saturated carbocycles. The third-order valence-corrected chi connectivity index (χ3v) is 6.99. The van der Waals surface area contributed by atoms with Gasteiger partial charge in [0.05, 0.1) is 15.5 Å². The normalized spacial score (nSPS) is 30.9. The maximum Gasteiger partial charge on any atom is 0.490 e. The van der Waals surface area contributed by atoms with Gasteiger partial charge in [-0.25, -0.2) is 22.9 Å². The van der Waals surface area contributed by atoms with E-state index in [1.54, 1.807) is 0 Å². The third kappa shape index (κ3) is 6.49. The van der Waals surface area contributed by atoms with E-state index in [4.69, 9.17) is 27.9 Å². The monoisotopic (exact) mass is 526 g/mol. The highest BCUT2D eigenvalue weighted by molar-refractivity contribution is 7.66. The molecule has 32 heavy (non-hydrogen) atoms. The summed E-state index contributed by atoms with van der Waals surface area (Å²) >= 11 is 0. The van der Waals surface area contributed by atoms with Crippen LogP contribution in [0.3, 0.4) is 0 Å². The Morgan fingerprint density at radius 3 is 2.50 bits per heavy atom. The van der Waals surface area contributed by atoms with Crippen molar-refractivity contribution in [1.82, 2.24) is 14.8 Å². The number of nitrogens with zero attached hydrogens (tertiary/aromatic N) is 3. The predicted molar refractivity (Wildman–Crippen MR) is 97.7 cm³/mol. The average Bonchev–Trinajstić information content (AvgIpc) is 2.83. The molecule has 1 aromatic heterocycles. The molecule has 6 atom stereocenters. The Hall–Kier alpha value is -1.57. The van der Waals surface area contributed by atoms with E-state index in [9.17, 15) is 28.5 Å². The second-order valence-electron chi connectivity index (χ2n) is 5.71. The number of aliphatic hydroxyl groups is 1. The number of hydrogen-bond donors (Lipinski definition) is 6. The van der Waals surface area contributed by atoms with Gasteiger partial charge < -0.3 is 35.2 Å². The fourth-order valence-electron chi connectivity index (χ4n) is 2.27. The summed E-state index contributed by atoms with van der Waals surface area (Å²) in [5.74, 6) is 3.56. The molecule has 0 amide bonds. The highest BCUT2D eigenvalue weighted by Crippen LogP contribution is 2.66. The molecule has 21 heteroatoms. The zero-order valence-corrected chi connectivity index (χ0v) is 18.1. The number of aromatic nitrogens is 3. The summed E-state index contributed by atoms with van der Waals surface area (Å²) < 4.78 is 81.3. The minimum atomic E-state index is -6.08. The fraction of sp³-hybridized carbons (Fsp3) is 0.545. The molecule has 1 fully saturated rings. The van der Waals surface area contributed by atoms with Gasteiger partial charge in [-0.1, -0.05) is 5.92 Å². The zero-order valence-electron chi connectivity index (χ0n) is 17.5. The van der Waals surface area contributed by atoms with Gasteiger partial charge in [0.2, 0.25) is 11.9 Å². The first-order chi connectivity index (χ1) is 15.2. The molecule has 17 nitrogen and oxygen atoms in total. The Kier molecular flexibility index (Phi) is 6.89. The van der Waals surface area contributed by atoms with Crippen molar-refractivity contribution >= 4 is 29.3 Å². The number of ether oxygens (including phenoxy) is 1. The van der Waals surface area contributed by atoms with E-state index in [1.165, 1.54) is 0 Å². The lowest BCUT2D eigenvalue weighted by atomic mass is 9.97. The van der Waals surface area contributed by atoms with Gasteiger partial charge in [0.25, 0.3) is 0 Å². The molecule has 180 valence electrons. The van der Waals surface area contributed by atoms with E-state index in [0.717, 1.165) is 13.1 Å². The van der Waals surface area contributed by atoms with Crippen LogP contribution in [0.5, 0.6) is 0 Å². The van der Waals surface area contributed by atoms with Crippen molar-refractivity contribution in [3.63, 3.8) is 0 Å². The SMILES string of the molecule is [2H]C([2H])(OP(=O)(O)OP(=O)(O)OP(=O)(O)O)[C@H]1O[C@@H](n2ncc(N)nc2=O)C(F)(C#CC)[C@H]1O. The van der Waals surface area contributed by atoms with Crippen LogP contribution in [-0.2, 0) is 31.6 Å². The lowest BCUT2D eigenvalue weighted by molar-refractivity contribution is -0.0601. The molecule has 1 aromatic rings. The van der Waals surface area contributed by atoms with E-state index >= 15 is 4.39 Å². The van der Waals surface area contributed by atoms with E-state index < -0.39 is 59.8 Å². The second-order valence-corrected chi connectivity index (χ2v) is 10.0. The summed E-state index contributed by atoms with van der Waals surface area (Å²) in [5.41, 5.74) is 0.676. The number of nitrogen functional groups attached to an aromatic ring is 1. The van der Waals surface area contributed by atoms with Gasteiger partial charge in [-0.3, -0.25) is 4.52 Å². The Bertz CT molecular complexity index is 1220.